The maximum absolute atomic E-state index is 14.6. The Bertz CT molecular complexity index is 2710. The van der Waals surface area contributed by atoms with Crippen molar-refractivity contribution in [1.29, 1.82) is 10.5 Å². The minimum absolute atomic E-state index is 0.110. The first kappa shape index (κ1) is 38.5. The van der Waals surface area contributed by atoms with Gasteiger partial charge in [-0.25, -0.2) is 14.4 Å². The van der Waals surface area contributed by atoms with Crippen molar-refractivity contribution >= 4 is 66.5 Å². The second kappa shape index (κ2) is 14.7. The molecule has 13 heteroatoms. The fourth-order valence-electron chi connectivity index (χ4n) is 9.28. The average Bonchev–Trinajstić information content (AvgIpc) is 4.16. The number of carbonyl (C=O) groups excluding carboxylic acids is 4. The van der Waals surface area contributed by atoms with Gasteiger partial charge in [-0.2, -0.15) is 10.5 Å². The van der Waals surface area contributed by atoms with Crippen molar-refractivity contribution in [3.8, 4) is 12.1 Å². The van der Waals surface area contributed by atoms with Crippen LogP contribution in [-0.4, -0.2) is 55.0 Å². The summed E-state index contributed by atoms with van der Waals surface area (Å²) < 4.78 is 18.4. The molecule has 4 aromatic rings. The molecule has 4 heterocycles. The normalized spacial score (nSPS) is 20.0. The van der Waals surface area contributed by atoms with Gasteiger partial charge in [-0.15, -0.1) is 22.7 Å². The molecule has 0 bridgehead atoms. The summed E-state index contributed by atoms with van der Waals surface area (Å²) in [5.41, 5.74) is 6.21. The largest absolute Gasteiger partial charge is 0.466 e. The Labute approximate surface area is 349 Å². The van der Waals surface area contributed by atoms with Crippen LogP contribution < -0.4 is 0 Å². The summed E-state index contributed by atoms with van der Waals surface area (Å²) >= 11 is 2.79. The molecule has 0 radical (unpaired) electrons. The zero-order valence-electron chi connectivity index (χ0n) is 33.2. The summed E-state index contributed by atoms with van der Waals surface area (Å²) in [7, 11) is 4.00. The van der Waals surface area contributed by atoms with Crippen molar-refractivity contribution in [2.75, 3.05) is 21.3 Å². The van der Waals surface area contributed by atoms with Crippen LogP contribution in [0.15, 0.2) is 92.2 Å². The summed E-state index contributed by atoms with van der Waals surface area (Å²) in [6, 6.07) is 15.5. The van der Waals surface area contributed by atoms with Gasteiger partial charge in [-0.3, -0.25) is 14.8 Å². The smallest absolute Gasteiger partial charge is 0.336 e. The van der Waals surface area contributed by atoms with Crippen molar-refractivity contribution in [3.63, 3.8) is 0 Å². The van der Waals surface area contributed by atoms with Gasteiger partial charge < -0.3 is 14.2 Å². The second-order valence-electron chi connectivity index (χ2n) is 15.7. The number of fused-ring (bicyclic) bond motifs is 2. The van der Waals surface area contributed by atoms with Crippen molar-refractivity contribution in [1.82, 2.24) is 10.0 Å². The van der Waals surface area contributed by atoms with Crippen LogP contribution in [0, 0.1) is 40.4 Å². The van der Waals surface area contributed by atoms with Gasteiger partial charge in [0.25, 0.3) is 0 Å². The molecule has 3 fully saturated rings. The molecule has 1 unspecified atom stereocenters. The minimum Gasteiger partial charge on any atom is -0.466 e. The van der Waals surface area contributed by atoms with E-state index in [1.54, 1.807) is 18.2 Å². The van der Waals surface area contributed by atoms with Gasteiger partial charge in [0, 0.05) is 34.9 Å². The summed E-state index contributed by atoms with van der Waals surface area (Å²) in [6.45, 7) is 3.37. The highest BCUT2D eigenvalue weighted by molar-refractivity contribution is 7.18. The van der Waals surface area contributed by atoms with Crippen LogP contribution in [0.4, 0.5) is 0 Å². The minimum atomic E-state index is -0.894. The van der Waals surface area contributed by atoms with Crippen LogP contribution >= 0.6 is 22.7 Å². The highest BCUT2D eigenvalue weighted by atomic mass is 32.1. The zero-order valence-corrected chi connectivity index (χ0v) is 34.8. The van der Waals surface area contributed by atoms with E-state index in [0.29, 0.717) is 50.6 Å². The molecular formula is C46H40N4O7S2. The molecular weight excluding hydrogens is 785 g/mol. The number of hydrazine groups is 1. The zero-order chi connectivity index (χ0) is 41.4. The second-order valence-corrected chi connectivity index (χ2v) is 17.5. The Morgan fingerprint density at radius 1 is 0.610 bits per heavy atom. The third-order valence-electron chi connectivity index (χ3n) is 12.2. The lowest BCUT2D eigenvalue weighted by Crippen LogP contribution is -2.50. The van der Waals surface area contributed by atoms with E-state index in [1.165, 1.54) is 50.9 Å². The molecule has 3 aliphatic carbocycles. The van der Waals surface area contributed by atoms with Crippen molar-refractivity contribution in [2.45, 2.75) is 64.2 Å². The van der Waals surface area contributed by atoms with E-state index in [4.69, 9.17) is 14.2 Å². The third kappa shape index (κ3) is 6.01. The van der Waals surface area contributed by atoms with E-state index in [-0.39, 0.29) is 34.7 Å². The molecule has 2 aromatic carbocycles. The first-order valence-corrected chi connectivity index (χ1v) is 21.4. The quantitative estimate of drug-likeness (QED) is 0.112. The molecule has 0 spiro atoms. The van der Waals surface area contributed by atoms with Gasteiger partial charge in [0.1, 0.15) is 12.1 Å². The van der Waals surface area contributed by atoms with E-state index in [1.807, 2.05) is 45.9 Å². The van der Waals surface area contributed by atoms with Gasteiger partial charge in [0.05, 0.1) is 81.6 Å². The Morgan fingerprint density at radius 2 is 0.983 bits per heavy atom. The standard InChI is InChI=1S/C46H40N4O7S2/c1-22-33(23(2)51)34(31-20-58-42-27(18-47)8-6-10-29(31)42)36(44(52)55-3)39(24-12-13-24)49(22)50-40(25-14-15-25)37(45(53)56-4)35(38(46(54)57-5)41(50)26-16-17-26)32-21-59-43-28(19-48)9-7-11-30(32)43/h6-11,20-21,24-26,34-35H,12-17H2,1-5H3. The van der Waals surface area contributed by atoms with Gasteiger partial charge in [-0.05, 0) is 97.2 Å². The lowest BCUT2D eigenvalue weighted by molar-refractivity contribution is -0.139. The summed E-state index contributed by atoms with van der Waals surface area (Å²) in [4.78, 5) is 58.1. The molecule has 0 N–H and O–H groups in total. The Kier molecular flexibility index (Phi) is 9.57. The molecule has 2 aromatic heterocycles. The topological polar surface area (TPSA) is 150 Å². The predicted octanol–water partition coefficient (Wildman–Crippen LogP) is 8.65. The first-order chi connectivity index (χ1) is 28.6. The van der Waals surface area contributed by atoms with Gasteiger partial charge in [0.15, 0.2) is 5.78 Å². The van der Waals surface area contributed by atoms with Gasteiger partial charge in [0.2, 0.25) is 0 Å². The summed E-state index contributed by atoms with van der Waals surface area (Å²) in [5, 5.41) is 29.3. The van der Waals surface area contributed by atoms with Crippen molar-refractivity contribution < 1.29 is 33.4 Å². The molecule has 59 heavy (non-hydrogen) atoms. The average molecular weight is 825 g/mol. The molecule has 11 nitrogen and oxygen atoms in total. The molecule has 298 valence electrons. The first-order valence-electron chi connectivity index (χ1n) is 19.7. The number of esters is 3. The monoisotopic (exact) mass is 824 g/mol. The fraction of sp³-hybridized carbons (Fsp3) is 0.348. The molecule has 5 aliphatic rings. The van der Waals surface area contributed by atoms with Crippen LogP contribution in [0.3, 0.4) is 0 Å². The molecule has 0 saturated heterocycles. The number of thiophene rings is 2. The van der Waals surface area contributed by atoms with E-state index in [0.717, 1.165) is 64.3 Å². The third-order valence-corrected chi connectivity index (χ3v) is 14.3. The highest BCUT2D eigenvalue weighted by Crippen LogP contribution is 2.60. The van der Waals surface area contributed by atoms with E-state index in [2.05, 4.69) is 12.1 Å². The Balaban J connectivity index is 1.39. The number of methoxy groups -OCH3 is 3. The summed E-state index contributed by atoms with van der Waals surface area (Å²) in [5.74, 6) is -4.12. The summed E-state index contributed by atoms with van der Waals surface area (Å²) in [6.07, 6.45) is 4.59. The van der Waals surface area contributed by atoms with E-state index >= 15 is 0 Å². The number of nitrogens with zero attached hydrogens (tertiary/aromatic N) is 4. The lowest BCUT2D eigenvalue weighted by Gasteiger charge is -2.50. The lowest BCUT2D eigenvalue weighted by atomic mass is 9.76. The fourth-order valence-corrected chi connectivity index (χ4v) is 11.4. The Hall–Kier alpha value is -6.02. The van der Waals surface area contributed by atoms with Gasteiger partial charge in [-0.1, -0.05) is 24.3 Å². The van der Waals surface area contributed by atoms with Gasteiger partial charge >= 0.3 is 17.9 Å². The Morgan fingerprint density at radius 3 is 1.32 bits per heavy atom. The van der Waals surface area contributed by atoms with Crippen LogP contribution in [0.25, 0.3) is 20.2 Å². The number of Topliss-reactive ketones (excluding diaryl/α,β-unsaturated/α-hetero) is 1. The number of rotatable bonds is 10. The number of hydrogen-bond donors (Lipinski definition) is 0. The van der Waals surface area contributed by atoms with Crippen molar-refractivity contribution in [2.24, 2.45) is 17.8 Å². The van der Waals surface area contributed by atoms with Crippen LogP contribution in [-0.2, 0) is 33.4 Å². The predicted molar refractivity (Wildman–Crippen MR) is 221 cm³/mol. The molecule has 9 rings (SSSR count). The SMILES string of the molecule is COC(=O)C1=C(C2CC2)N(N2C(C3CC3)=C(C(=O)OC)C(c3csc4c(C#N)cccc34)C(C(=O)OC)=C2C2CC2)C(C)=C(C(C)=O)C1c1csc2c(C#N)cccc12. The number of ketones is 1. The maximum atomic E-state index is 14.6. The molecule has 1 atom stereocenters. The highest BCUT2D eigenvalue weighted by Gasteiger charge is 2.55. The van der Waals surface area contributed by atoms with E-state index < -0.39 is 29.7 Å². The van der Waals surface area contributed by atoms with Crippen LogP contribution in [0.1, 0.15) is 86.5 Å². The molecule has 2 aliphatic heterocycles. The molecule has 3 saturated carbocycles. The van der Waals surface area contributed by atoms with E-state index in [9.17, 15) is 29.7 Å². The number of hydrogen-bond acceptors (Lipinski definition) is 13. The number of carbonyl (C=O) groups is 4. The number of allylic oxidation sites excluding steroid dienone is 5. The number of benzene rings is 2. The van der Waals surface area contributed by atoms with Crippen LogP contribution in [0.5, 0.6) is 0 Å². The number of ether oxygens (including phenoxy) is 3. The van der Waals surface area contributed by atoms with Crippen LogP contribution in [0.2, 0.25) is 0 Å². The molecule has 0 amide bonds. The van der Waals surface area contributed by atoms with Crippen molar-refractivity contribution in [3.05, 3.63) is 114 Å². The maximum Gasteiger partial charge on any atom is 0.336 e. The number of nitriles is 2.